The SMILES string of the molecule is C=CCN1C(=O)c2ccccc2NC1c1ccc(O)c(O)c1. The molecule has 22 heavy (non-hydrogen) atoms. The second-order valence-electron chi connectivity index (χ2n) is 5.09. The summed E-state index contributed by atoms with van der Waals surface area (Å²) in [7, 11) is 0. The largest absolute Gasteiger partial charge is 0.504 e. The first-order chi connectivity index (χ1) is 10.6. The van der Waals surface area contributed by atoms with Gasteiger partial charge in [-0.25, -0.2) is 0 Å². The number of rotatable bonds is 3. The second-order valence-corrected chi connectivity index (χ2v) is 5.09. The number of nitrogens with one attached hydrogen (secondary N) is 1. The molecule has 1 heterocycles. The molecule has 5 nitrogen and oxygen atoms in total. The van der Waals surface area contributed by atoms with Gasteiger partial charge < -0.3 is 20.4 Å². The molecule has 5 heteroatoms. The molecule has 1 unspecified atom stereocenters. The Kier molecular flexibility index (Phi) is 3.47. The summed E-state index contributed by atoms with van der Waals surface area (Å²) < 4.78 is 0. The van der Waals surface area contributed by atoms with Crippen LogP contribution in [0.1, 0.15) is 22.1 Å². The van der Waals surface area contributed by atoms with E-state index >= 15 is 0 Å². The average Bonchev–Trinajstić information content (AvgIpc) is 2.53. The van der Waals surface area contributed by atoms with E-state index in [-0.39, 0.29) is 17.4 Å². The van der Waals surface area contributed by atoms with Gasteiger partial charge in [0.25, 0.3) is 5.91 Å². The number of hydrogen-bond acceptors (Lipinski definition) is 4. The van der Waals surface area contributed by atoms with Crippen molar-refractivity contribution in [2.75, 3.05) is 11.9 Å². The molecule has 3 rings (SSSR count). The number of para-hydroxylation sites is 1. The monoisotopic (exact) mass is 296 g/mol. The van der Waals surface area contributed by atoms with E-state index in [9.17, 15) is 15.0 Å². The number of hydrogen-bond donors (Lipinski definition) is 3. The van der Waals surface area contributed by atoms with Crippen molar-refractivity contribution in [1.82, 2.24) is 4.90 Å². The molecule has 2 aromatic rings. The van der Waals surface area contributed by atoms with Crippen molar-refractivity contribution in [2.24, 2.45) is 0 Å². The maximum atomic E-state index is 12.7. The third-order valence-electron chi connectivity index (χ3n) is 3.66. The van der Waals surface area contributed by atoms with Crippen LogP contribution in [0.25, 0.3) is 0 Å². The zero-order valence-electron chi connectivity index (χ0n) is 11.9. The standard InChI is InChI=1S/C17H16N2O3/c1-2-9-19-16(11-7-8-14(20)15(21)10-11)18-13-6-4-3-5-12(13)17(19)22/h2-8,10,16,18,20-21H,1,9H2. The van der Waals surface area contributed by atoms with Crippen molar-refractivity contribution in [2.45, 2.75) is 6.17 Å². The molecule has 1 aliphatic rings. The zero-order valence-corrected chi connectivity index (χ0v) is 11.9. The molecule has 0 radical (unpaired) electrons. The molecule has 1 atom stereocenters. The number of phenolic OH excluding ortho intramolecular Hbond substituents is 2. The summed E-state index contributed by atoms with van der Waals surface area (Å²) in [5.74, 6) is -0.516. The third-order valence-corrected chi connectivity index (χ3v) is 3.66. The number of carbonyl (C=O) groups excluding carboxylic acids is 1. The Bertz CT molecular complexity index is 742. The number of amides is 1. The fraction of sp³-hybridized carbons (Fsp3) is 0.118. The smallest absolute Gasteiger partial charge is 0.258 e. The van der Waals surface area contributed by atoms with Crippen LogP contribution in [0.3, 0.4) is 0 Å². The molecule has 3 N–H and O–H groups in total. The van der Waals surface area contributed by atoms with Gasteiger partial charge in [-0.05, 0) is 29.8 Å². The Balaban J connectivity index is 2.07. The molecule has 0 saturated carbocycles. The minimum Gasteiger partial charge on any atom is -0.504 e. The summed E-state index contributed by atoms with van der Waals surface area (Å²) >= 11 is 0. The van der Waals surface area contributed by atoms with Gasteiger partial charge in [-0.1, -0.05) is 24.3 Å². The van der Waals surface area contributed by atoms with E-state index in [0.29, 0.717) is 17.7 Å². The van der Waals surface area contributed by atoms with Gasteiger partial charge in [0.05, 0.1) is 5.56 Å². The fourth-order valence-electron chi connectivity index (χ4n) is 2.59. The Morgan fingerprint density at radius 1 is 1.18 bits per heavy atom. The number of fused-ring (bicyclic) bond motifs is 1. The summed E-state index contributed by atoms with van der Waals surface area (Å²) in [6.07, 6.45) is 1.22. The van der Waals surface area contributed by atoms with Crippen LogP contribution >= 0.6 is 0 Å². The van der Waals surface area contributed by atoms with Crippen LogP contribution in [-0.4, -0.2) is 27.6 Å². The zero-order chi connectivity index (χ0) is 15.7. The van der Waals surface area contributed by atoms with E-state index in [1.165, 1.54) is 12.1 Å². The van der Waals surface area contributed by atoms with Gasteiger partial charge in [0, 0.05) is 12.2 Å². The lowest BCUT2D eigenvalue weighted by atomic mass is 10.0. The quantitative estimate of drug-likeness (QED) is 0.601. The number of phenols is 2. The molecule has 0 aromatic heterocycles. The van der Waals surface area contributed by atoms with E-state index < -0.39 is 6.17 Å². The molecule has 0 saturated heterocycles. The molecular formula is C17H16N2O3. The fourth-order valence-corrected chi connectivity index (χ4v) is 2.59. The van der Waals surface area contributed by atoms with Crippen LogP contribution < -0.4 is 5.32 Å². The lowest BCUT2D eigenvalue weighted by molar-refractivity contribution is 0.0707. The number of aromatic hydroxyl groups is 2. The summed E-state index contributed by atoms with van der Waals surface area (Å²) in [6, 6.07) is 11.8. The highest BCUT2D eigenvalue weighted by Gasteiger charge is 2.32. The Morgan fingerprint density at radius 2 is 1.95 bits per heavy atom. The molecule has 1 aliphatic heterocycles. The predicted molar refractivity (Wildman–Crippen MR) is 83.8 cm³/mol. The molecule has 112 valence electrons. The van der Waals surface area contributed by atoms with E-state index in [1.54, 1.807) is 23.1 Å². The highest BCUT2D eigenvalue weighted by Crippen LogP contribution is 2.35. The summed E-state index contributed by atoms with van der Waals surface area (Å²) in [5, 5.41) is 22.5. The number of nitrogens with zero attached hydrogens (tertiary/aromatic N) is 1. The Labute approximate surface area is 128 Å². The van der Waals surface area contributed by atoms with Crippen LogP contribution in [0.2, 0.25) is 0 Å². The van der Waals surface area contributed by atoms with Gasteiger partial charge in [-0.2, -0.15) is 0 Å². The van der Waals surface area contributed by atoms with Gasteiger partial charge in [0.2, 0.25) is 0 Å². The van der Waals surface area contributed by atoms with Crippen molar-refractivity contribution in [1.29, 1.82) is 0 Å². The van der Waals surface area contributed by atoms with Crippen molar-refractivity contribution in [3.63, 3.8) is 0 Å². The van der Waals surface area contributed by atoms with Gasteiger partial charge in [-0.3, -0.25) is 4.79 Å². The normalized spacial score (nSPS) is 16.8. The van der Waals surface area contributed by atoms with E-state index in [0.717, 1.165) is 5.69 Å². The topological polar surface area (TPSA) is 72.8 Å². The average molecular weight is 296 g/mol. The van der Waals surface area contributed by atoms with Crippen LogP contribution in [0.15, 0.2) is 55.1 Å². The van der Waals surface area contributed by atoms with Crippen molar-refractivity contribution in [3.8, 4) is 11.5 Å². The maximum Gasteiger partial charge on any atom is 0.258 e. The minimum atomic E-state index is -0.438. The van der Waals surface area contributed by atoms with Gasteiger partial charge >= 0.3 is 0 Å². The van der Waals surface area contributed by atoms with E-state index in [4.69, 9.17) is 0 Å². The number of carbonyl (C=O) groups is 1. The Morgan fingerprint density at radius 3 is 2.68 bits per heavy atom. The number of anilines is 1. The molecule has 0 spiro atoms. The first-order valence-corrected chi connectivity index (χ1v) is 6.91. The first kappa shape index (κ1) is 14.0. The number of benzene rings is 2. The molecule has 0 bridgehead atoms. The van der Waals surface area contributed by atoms with Crippen LogP contribution in [0.4, 0.5) is 5.69 Å². The molecular weight excluding hydrogens is 280 g/mol. The molecule has 0 fully saturated rings. The van der Waals surface area contributed by atoms with Crippen LogP contribution in [-0.2, 0) is 0 Å². The van der Waals surface area contributed by atoms with Gasteiger partial charge in [0.15, 0.2) is 11.5 Å². The third kappa shape index (κ3) is 2.26. The summed E-state index contributed by atoms with van der Waals surface area (Å²) in [5.41, 5.74) is 2.02. The first-order valence-electron chi connectivity index (χ1n) is 6.91. The molecule has 1 amide bonds. The van der Waals surface area contributed by atoms with E-state index in [2.05, 4.69) is 11.9 Å². The summed E-state index contributed by atoms with van der Waals surface area (Å²) in [6.45, 7) is 4.06. The van der Waals surface area contributed by atoms with Crippen molar-refractivity contribution in [3.05, 3.63) is 66.2 Å². The van der Waals surface area contributed by atoms with E-state index in [1.807, 2.05) is 18.2 Å². The predicted octanol–water partition coefficient (Wildman–Crippen LogP) is 2.85. The van der Waals surface area contributed by atoms with Crippen LogP contribution in [0, 0.1) is 0 Å². The van der Waals surface area contributed by atoms with Gasteiger partial charge in [-0.15, -0.1) is 6.58 Å². The minimum absolute atomic E-state index is 0.105. The highest BCUT2D eigenvalue weighted by atomic mass is 16.3. The Hall–Kier alpha value is -2.95. The summed E-state index contributed by atoms with van der Waals surface area (Å²) in [4.78, 5) is 14.3. The molecule has 0 aliphatic carbocycles. The van der Waals surface area contributed by atoms with Crippen LogP contribution in [0.5, 0.6) is 11.5 Å². The lowest BCUT2D eigenvalue weighted by Crippen LogP contribution is -2.42. The lowest BCUT2D eigenvalue weighted by Gasteiger charge is -2.37. The maximum absolute atomic E-state index is 12.7. The van der Waals surface area contributed by atoms with Crippen molar-refractivity contribution < 1.29 is 15.0 Å². The van der Waals surface area contributed by atoms with Crippen molar-refractivity contribution >= 4 is 11.6 Å². The highest BCUT2D eigenvalue weighted by molar-refractivity contribution is 6.01. The second kappa shape index (κ2) is 5.44. The van der Waals surface area contributed by atoms with Gasteiger partial charge in [0.1, 0.15) is 6.17 Å². The molecule has 2 aromatic carbocycles.